The number of ether oxygens (including phenoxy) is 3. The van der Waals surface area contributed by atoms with E-state index < -0.39 is 11.8 Å². The summed E-state index contributed by atoms with van der Waals surface area (Å²) in [5.41, 5.74) is 6.51. The van der Waals surface area contributed by atoms with E-state index in [0.717, 1.165) is 0 Å². The zero-order chi connectivity index (χ0) is 19.1. The van der Waals surface area contributed by atoms with Crippen molar-refractivity contribution in [3.05, 3.63) is 53.6 Å². The lowest BCUT2D eigenvalue weighted by atomic mass is 10.1. The molecule has 0 fully saturated rings. The van der Waals surface area contributed by atoms with Gasteiger partial charge in [0.2, 0.25) is 11.7 Å². The maximum absolute atomic E-state index is 12.2. The molecular formula is C19H20N2O5. The molecule has 7 heteroatoms. The number of carbonyl (C=O) groups is 2. The van der Waals surface area contributed by atoms with Crippen LogP contribution in [0.5, 0.6) is 17.2 Å². The SMILES string of the molecule is COc1ccc(/C=C/C(=O)Nc2ccccc2C(N)=O)c(OC)c1OC. The van der Waals surface area contributed by atoms with E-state index in [-0.39, 0.29) is 5.56 Å². The highest BCUT2D eigenvalue weighted by atomic mass is 16.5. The number of para-hydroxylation sites is 1. The van der Waals surface area contributed by atoms with Gasteiger partial charge in [-0.05, 0) is 30.3 Å². The lowest BCUT2D eigenvalue weighted by molar-refractivity contribution is -0.111. The Balaban J connectivity index is 2.25. The van der Waals surface area contributed by atoms with Crippen LogP contribution in [0.4, 0.5) is 5.69 Å². The molecule has 0 heterocycles. The molecule has 3 N–H and O–H groups in total. The number of benzene rings is 2. The molecule has 0 spiro atoms. The van der Waals surface area contributed by atoms with Crippen LogP contribution in [0.3, 0.4) is 0 Å². The van der Waals surface area contributed by atoms with E-state index in [1.807, 2.05) is 0 Å². The van der Waals surface area contributed by atoms with Gasteiger partial charge in [0.1, 0.15) is 0 Å². The number of hydrogen-bond donors (Lipinski definition) is 2. The van der Waals surface area contributed by atoms with Crippen molar-refractivity contribution in [2.24, 2.45) is 5.73 Å². The molecule has 0 aromatic heterocycles. The molecule has 2 amide bonds. The fourth-order valence-corrected chi connectivity index (χ4v) is 2.40. The van der Waals surface area contributed by atoms with Gasteiger partial charge in [-0.1, -0.05) is 12.1 Å². The topological polar surface area (TPSA) is 99.9 Å². The maximum Gasteiger partial charge on any atom is 0.250 e. The fourth-order valence-electron chi connectivity index (χ4n) is 2.40. The quantitative estimate of drug-likeness (QED) is 0.742. The lowest BCUT2D eigenvalue weighted by Crippen LogP contribution is -2.16. The second-order valence-corrected chi connectivity index (χ2v) is 5.16. The van der Waals surface area contributed by atoms with Crippen molar-refractivity contribution in [3.63, 3.8) is 0 Å². The van der Waals surface area contributed by atoms with Crippen molar-refractivity contribution in [3.8, 4) is 17.2 Å². The molecule has 0 atom stereocenters. The van der Waals surface area contributed by atoms with E-state index in [2.05, 4.69) is 5.32 Å². The van der Waals surface area contributed by atoms with Crippen molar-refractivity contribution in [1.82, 2.24) is 0 Å². The zero-order valence-electron chi connectivity index (χ0n) is 14.7. The number of hydrogen-bond acceptors (Lipinski definition) is 5. The summed E-state index contributed by atoms with van der Waals surface area (Å²) in [5.74, 6) is 0.341. The highest BCUT2D eigenvalue weighted by Crippen LogP contribution is 2.40. The molecular weight excluding hydrogens is 336 g/mol. The van der Waals surface area contributed by atoms with Gasteiger partial charge in [0, 0.05) is 11.6 Å². The number of carbonyl (C=O) groups excluding carboxylic acids is 2. The Hall–Kier alpha value is -3.48. The van der Waals surface area contributed by atoms with Gasteiger partial charge in [0.15, 0.2) is 11.5 Å². The van der Waals surface area contributed by atoms with Gasteiger partial charge in [-0.15, -0.1) is 0 Å². The van der Waals surface area contributed by atoms with E-state index in [0.29, 0.717) is 28.5 Å². The minimum absolute atomic E-state index is 0.234. The number of anilines is 1. The zero-order valence-corrected chi connectivity index (χ0v) is 14.7. The Bertz CT molecular complexity index is 846. The van der Waals surface area contributed by atoms with E-state index in [9.17, 15) is 9.59 Å². The minimum Gasteiger partial charge on any atom is -0.493 e. The van der Waals surface area contributed by atoms with Crippen LogP contribution >= 0.6 is 0 Å². The normalized spacial score (nSPS) is 10.4. The Morgan fingerprint density at radius 2 is 1.65 bits per heavy atom. The predicted molar refractivity (Wildman–Crippen MR) is 98.7 cm³/mol. The van der Waals surface area contributed by atoms with Crippen LogP contribution in [0.25, 0.3) is 6.08 Å². The molecule has 2 aromatic rings. The minimum atomic E-state index is -0.619. The van der Waals surface area contributed by atoms with Crippen molar-refractivity contribution in [1.29, 1.82) is 0 Å². The molecule has 0 saturated carbocycles. The summed E-state index contributed by atoms with van der Waals surface area (Å²) in [7, 11) is 4.52. The monoisotopic (exact) mass is 356 g/mol. The van der Waals surface area contributed by atoms with Gasteiger partial charge in [0.05, 0.1) is 32.6 Å². The first-order valence-electron chi connectivity index (χ1n) is 7.68. The third kappa shape index (κ3) is 4.13. The van der Waals surface area contributed by atoms with Crippen molar-refractivity contribution < 1.29 is 23.8 Å². The molecule has 0 saturated heterocycles. The molecule has 26 heavy (non-hydrogen) atoms. The molecule has 0 radical (unpaired) electrons. The summed E-state index contributed by atoms with van der Waals surface area (Å²) in [4.78, 5) is 23.6. The number of nitrogens with one attached hydrogen (secondary N) is 1. The Morgan fingerprint density at radius 3 is 2.27 bits per heavy atom. The summed E-state index contributed by atoms with van der Waals surface area (Å²) in [5, 5.41) is 2.63. The molecule has 0 bridgehead atoms. The highest BCUT2D eigenvalue weighted by Gasteiger charge is 2.14. The molecule has 0 aliphatic rings. The molecule has 2 rings (SSSR count). The Morgan fingerprint density at radius 1 is 0.962 bits per heavy atom. The van der Waals surface area contributed by atoms with Crippen LogP contribution in [0.15, 0.2) is 42.5 Å². The number of primary amides is 1. The number of nitrogens with two attached hydrogens (primary N) is 1. The number of methoxy groups -OCH3 is 3. The van der Waals surface area contributed by atoms with Gasteiger partial charge in [-0.25, -0.2) is 0 Å². The number of amides is 2. The van der Waals surface area contributed by atoms with E-state index in [1.165, 1.54) is 27.4 Å². The van der Waals surface area contributed by atoms with Gasteiger partial charge in [0.25, 0.3) is 5.91 Å². The third-order valence-corrected chi connectivity index (χ3v) is 3.60. The molecule has 0 unspecified atom stereocenters. The van der Waals surface area contributed by atoms with Crippen LogP contribution in [-0.2, 0) is 4.79 Å². The molecule has 136 valence electrons. The first-order chi connectivity index (χ1) is 12.5. The summed E-state index contributed by atoms with van der Waals surface area (Å²) >= 11 is 0. The Labute approximate surface area is 151 Å². The average molecular weight is 356 g/mol. The smallest absolute Gasteiger partial charge is 0.250 e. The predicted octanol–water partition coefficient (Wildman–Crippen LogP) is 2.46. The second kappa shape index (κ2) is 8.57. The van der Waals surface area contributed by atoms with Crippen LogP contribution in [0, 0.1) is 0 Å². The van der Waals surface area contributed by atoms with Crippen molar-refractivity contribution in [2.75, 3.05) is 26.6 Å². The fraction of sp³-hybridized carbons (Fsp3) is 0.158. The summed E-state index contributed by atoms with van der Waals surface area (Å²) < 4.78 is 15.9. The van der Waals surface area contributed by atoms with Gasteiger partial charge in [-0.2, -0.15) is 0 Å². The second-order valence-electron chi connectivity index (χ2n) is 5.16. The summed E-state index contributed by atoms with van der Waals surface area (Å²) in [6.07, 6.45) is 2.89. The standard InChI is InChI=1S/C19H20N2O5/c1-24-15-10-8-12(17(25-2)18(15)26-3)9-11-16(22)21-14-7-5-4-6-13(14)19(20)23/h4-11H,1-3H3,(H2,20,23)(H,21,22)/b11-9+. The third-order valence-electron chi connectivity index (χ3n) is 3.60. The van der Waals surface area contributed by atoms with Crippen LogP contribution in [0.1, 0.15) is 15.9 Å². The molecule has 2 aromatic carbocycles. The Kier molecular flexibility index (Phi) is 6.21. The van der Waals surface area contributed by atoms with Gasteiger partial charge >= 0.3 is 0 Å². The van der Waals surface area contributed by atoms with Gasteiger partial charge < -0.3 is 25.3 Å². The first kappa shape index (κ1) is 18.9. The largest absolute Gasteiger partial charge is 0.493 e. The number of rotatable bonds is 7. The summed E-state index contributed by atoms with van der Waals surface area (Å²) in [6, 6.07) is 9.95. The van der Waals surface area contributed by atoms with Crippen molar-refractivity contribution >= 4 is 23.6 Å². The maximum atomic E-state index is 12.2. The molecule has 7 nitrogen and oxygen atoms in total. The van der Waals surface area contributed by atoms with E-state index in [1.54, 1.807) is 42.5 Å². The van der Waals surface area contributed by atoms with E-state index >= 15 is 0 Å². The average Bonchev–Trinajstić information content (AvgIpc) is 2.65. The highest BCUT2D eigenvalue weighted by molar-refractivity contribution is 6.07. The molecule has 0 aliphatic carbocycles. The first-order valence-corrected chi connectivity index (χ1v) is 7.68. The van der Waals surface area contributed by atoms with Gasteiger partial charge in [-0.3, -0.25) is 9.59 Å². The molecule has 0 aliphatic heterocycles. The van der Waals surface area contributed by atoms with Crippen LogP contribution in [-0.4, -0.2) is 33.1 Å². The van der Waals surface area contributed by atoms with Crippen molar-refractivity contribution in [2.45, 2.75) is 0 Å². The van der Waals surface area contributed by atoms with E-state index in [4.69, 9.17) is 19.9 Å². The van der Waals surface area contributed by atoms with Crippen LogP contribution < -0.4 is 25.3 Å². The summed E-state index contributed by atoms with van der Waals surface area (Å²) in [6.45, 7) is 0. The van der Waals surface area contributed by atoms with Crippen LogP contribution in [0.2, 0.25) is 0 Å². The lowest BCUT2D eigenvalue weighted by Gasteiger charge is -2.14.